The molecule has 0 rings (SSSR count). The Morgan fingerprint density at radius 2 is 1.00 bits per heavy atom. The van der Waals surface area contributed by atoms with Crippen molar-refractivity contribution in [3.63, 3.8) is 0 Å². The van der Waals surface area contributed by atoms with Crippen molar-refractivity contribution in [1.29, 1.82) is 0 Å². The van der Waals surface area contributed by atoms with Crippen LogP contribution < -0.4 is 5.73 Å². The predicted molar refractivity (Wildman–Crippen MR) is 236 cm³/mol. The quantitative estimate of drug-likeness (QED) is 0.0132. The molecule has 12 nitrogen and oxygen atoms in total. The van der Waals surface area contributed by atoms with Gasteiger partial charge in [-0.3, -0.25) is 28.2 Å². The summed E-state index contributed by atoms with van der Waals surface area (Å²) in [6, 6.07) is -1.53. The van der Waals surface area contributed by atoms with Crippen molar-refractivity contribution in [3.8, 4) is 0 Å². The number of esters is 2. The SMILES string of the molecule is CCCCCCCC/C=C\CCCCCCCCCCCC(=O)O[C@H](COC(=O)CCCCCCC/C=C\C=C\C(=O)CCCCC)COP(=O)(O)OC[C@H](N)C(=O)O. The second-order valence-electron chi connectivity index (χ2n) is 15.6. The zero-order valence-electron chi connectivity index (χ0n) is 36.8. The Kier molecular flexibility index (Phi) is 38.9. The van der Waals surface area contributed by atoms with Crippen LogP contribution in [-0.4, -0.2) is 65.7 Å². The van der Waals surface area contributed by atoms with E-state index < -0.39 is 51.1 Å². The van der Waals surface area contributed by atoms with Gasteiger partial charge >= 0.3 is 25.7 Å². The maximum atomic E-state index is 12.6. The molecule has 13 heteroatoms. The van der Waals surface area contributed by atoms with Gasteiger partial charge in [0.25, 0.3) is 0 Å². The first-order chi connectivity index (χ1) is 28.5. The third-order valence-electron chi connectivity index (χ3n) is 9.84. The average molecular weight is 856 g/mol. The van der Waals surface area contributed by atoms with Crippen molar-refractivity contribution in [1.82, 2.24) is 0 Å². The van der Waals surface area contributed by atoms with E-state index in [1.807, 2.05) is 12.2 Å². The molecule has 342 valence electrons. The fourth-order valence-electron chi connectivity index (χ4n) is 6.16. The van der Waals surface area contributed by atoms with Gasteiger partial charge in [0.15, 0.2) is 11.9 Å². The van der Waals surface area contributed by atoms with E-state index in [-0.39, 0.29) is 25.2 Å². The van der Waals surface area contributed by atoms with Crippen molar-refractivity contribution in [2.45, 2.75) is 212 Å². The summed E-state index contributed by atoms with van der Waals surface area (Å²) in [4.78, 5) is 57.8. The monoisotopic (exact) mass is 856 g/mol. The molecule has 1 unspecified atom stereocenters. The third kappa shape index (κ3) is 40.5. The number of carbonyl (C=O) groups is 4. The molecule has 0 aliphatic carbocycles. The standard InChI is InChI=1S/C46H82NO11P/c1-3-5-7-8-9-10-11-12-13-14-15-16-17-18-19-22-26-29-33-37-45(50)58-42(39-56-59(53,54)57-40-43(47)46(51)52)38-55-44(49)36-32-28-25-23-20-21-24-27-31-35-41(48)34-30-6-4-2/h12-13,24,27,31,35,42-43H,3-11,14-23,25-26,28-30,32-34,36-40,47H2,1-2H3,(H,51,52)(H,53,54)/b13-12-,27-24-,35-31+/t42-,43+/m1/s1. The molecule has 4 N–H and O–H groups in total. The molecule has 0 radical (unpaired) electrons. The summed E-state index contributed by atoms with van der Waals surface area (Å²) in [6.07, 6.45) is 40.4. The van der Waals surface area contributed by atoms with Gasteiger partial charge in [-0.25, -0.2) is 4.57 Å². The van der Waals surface area contributed by atoms with Gasteiger partial charge in [-0.05, 0) is 63.9 Å². The molecular formula is C46H82NO11P. The van der Waals surface area contributed by atoms with Gasteiger partial charge < -0.3 is 25.2 Å². The average Bonchev–Trinajstić information content (AvgIpc) is 3.20. The lowest BCUT2D eigenvalue weighted by Gasteiger charge is -2.20. The second kappa shape index (κ2) is 40.8. The summed E-state index contributed by atoms with van der Waals surface area (Å²) < 4.78 is 32.7. The lowest BCUT2D eigenvalue weighted by atomic mass is 10.1. The summed E-state index contributed by atoms with van der Waals surface area (Å²) in [7, 11) is -4.74. The number of ether oxygens (including phenoxy) is 2. The molecule has 0 bridgehead atoms. The highest BCUT2D eigenvalue weighted by Crippen LogP contribution is 2.43. The van der Waals surface area contributed by atoms with E-state index in [9.17, 15) is 28.6 Å². The topological polar surface area (TPSA) is 189 Å². The number of phosphoric ester groups is 1. The molecule has 0 heterocycles. The van der Waals surface area contributed by atoms with Crippen LogP contribution in [0.1, 0.15) is 200 Å². The molecule has 0 spiro atoms. The molecule has 0 fully saturated rings. The number of carboxylic acids is 1. The van der Waals surface area contributed by atoms with E-state index in [1.165, 1.54) is 83.5 Å². The first-order valence-electron chi connectivity index (χ1n) is 23.0. The Labute approximate surface area is 357 Å². The van der Waals surface area contributed by atoms with Gasteiger partial charge in [0.05, 0.1) is 13.2 Å². The number of rotatable bonds is 43. The Bertz CT molecular complexity index is 1210. The van der Waals surface area contributed by atoms with Crippen LogP contribution in [0.15, 0.2) is 36.5 Å². The maximum Gasteiger partial charge on any atom is 0.472 e. The Hall–Kier alpha value is -2.63. The number of nitrogens with two attached hydrogens (primary N) is 1. The number of allylic oxidation sites excluding steroid dienone is 6. The van der Waals surface area contributed by atoms with Crippen LogP contribution in [0, 0.1) is 0 Å². The zero-order chi connectivity index (χ0) is 43.7. The van der Waals surface area contributed by atoms with Crippen molar-refractivity contribution in [2.24, 2.45) is 5.73 Å². The first kappa shape index (κ1) is 56.4. The number of hydrogen-bond donors (Lipinski definition) is 3. The van der Waals surface area contributed by atoms with Gasteiger partial charge in [-0.1, -0.05) is 153 Å². The molecule has 0 saturated carbocycles. The van der Waals surface area contributed by atoms with Crippen molar-refractivity contribution in [2.75, 3.05) is 19.8 Å². The maximum absolute atomic E-state index is 12.6. The van der Waals surface area contributed by atoms with E-state index in [2.05, 4.69) is 30.5 Å². The van der Waals surface area contributed by atoms with Crippen molar-refractivity contribution in [3.05, 3.63) is 36.5 Å². The van der Waals surface area contributed by atoms with Gasteiger partial charge in [0, 0.05) is 19.3 Å². The Morgan fingerprint density at radius 3 is 1.54 bits per heavy atom. The zero-order valence-corrected chi connectivity index (χ0v) is 37.7. The van der Waals surface area contributed by atoms with Gasteiger partial charge in [0.1, 0.15) is 12.6 Å². The largest absolute Gasteiger partial charge is 0.480 e. The van der Waals surface area contributed by atoms with E-state index >= 15 is 0 Å². The molecule has 0 saturated heterocycles. The number of carbonyl (C=O) groups excluding carboxylic acids is 3. The molecule has 0 aromatic rings. The smallest absolute Gasteiger partial charge is 0.472 e. The van der Waals surface area contributed by atoms with E-state index in [1.54, 1.807) is 12.2 Å². The Morgan fingerprint density at radius 1 is 0.559 bits per heavy atom. The van der Waals surface area contributed by atoms with Crippen molar-refractivity contribution < 1.29 is 52.3 Å². The fourth-order valence-corrected chi connectivity index (χ4v) is 6.94. The van der Waals surface area contributed by atoms with Crippen LogP contribution in [0.3, 0.4) is 0 Å². The first-order valence-corrected chi connectivity index (χ1v) is 24.5. The minimum atomic E-state index is -4.74. The number of phosphoric acid groups is 1. The molecular weight excluding hydrogens is 773 g/mol. The number of unbranched alkanes of at least 4 members (excludes halogenated alkanes) is 22. The number of carboxylic acid groups (broad SMARTS) is 1. The summed E-state index contributed by atoms with van der Waals surface area (Å²) in [6.45, 7) is 2.61. The minimum absolute atomic E-state index is 0.142. The summed E-state index contributed by atoms with van der Waals surface area (Å²) in [5, 5.41) is 8.89. The van der Waals surface area contributed by atoms with Crippen LogP contribution in [0.4, 0.5) is 0 Å². The lowest BCUT2D eigenvalue weighted by Crippen LogP contribution is -2.34. The number of ketones is 1. The molecule has 3 atom stereocenters. The normalized spacial score (nSPS) is 13.9. The van der Waals surface area contributed by atoms with Gasteiger partial charge in [-0.2, -0.15) is 0 Å². The van der Waals surface area contributed by atoms with Gasteiger partial charge in [-0.15, -0.1) is 0 Å². The van der Waals surface area contributed by atoms with Crippen molar-refractivity contribution >= 4 is 31.5 Å². The van der Waals surface area contributed by atoms with Crippen LogP contribution in [0.2, 0.25) is 0 Å². The summed E-state index contributed by atoms with van der Waals surface area (Å²) >= 11 is 0. The minimum Gasteiger partial charge on any atom is -0.480 e. The highest BCUT2D eigenvalue weighted by atomic mass is 31.2. The summed E-state index contributed by atoms with van der Waals surface area (Å²) in [5.74, 6) is -2.29. The molecule has 0 aromatic carbocycles. The predicted octanol–water partition coefficient (Wildman–Crippen LogP) is 11.6. The van der Waals surface area contributed by atoms with E-state index in [4.69, 9.17) is 24.8 Å². The Balaban J connectivity index is 4.37. The van der Waals surface area contributed by atoms with Crippen LogP contribution in [0.25, 0.3) is 0 Å². The molecule has 59 heavy (non-hydrogen) atoms. The highest BCUT2D eigenvalue weighted by Gasteiger charge is 2.28. The third-order valence-corrected chi connectivity index (χ3v) is 10.8. The van der Waals surface area contributed by atoms with E-state index in [0.717, 1.165) is 70.6 Å². The molecule has 0 aliphatic rings. The highest BCUT2D eigenvalue weighted by molar-refractivity contribution is 7.47. The van der Waals surface area contributed by atoms with E-state index in [0.29, 0.717) is 19.3 Å². The number of hydrogen-bond acceptors (Lipinski definition) is 10. The second-order valence-corrected chi connectivity index (χ2v) is 17.0. The molecule has 0 aliphatic heterocycles. The molecule has 0 aromatic heterocycles. The summed E-state index contributed by atoms with van der Waals surface area (Å²) in [5.41, 5.74) is 5.33. The number of aliphatic carboxylic acids is 1. The van der Waals surface area contributed by atoms with Crippen LogP contribution >= 0.6 is 7.82 Å². The van der Waals surface area contributed by atoms with Gasteiger partial charge in [0.2, 0.25) is 0 Å². The van der Waals surface area contributed by atoms with Crippen LogP contribution in [-0.2, 0) is 42.3 Å². The lowest BCUT2D eigenvalue weighted by molar-refractivity contribution is -0.161. The van der Waals surface area contributed by atoms with Crippen LogP contribution in [0.5, 0.6) is 0 Å². The fraction of sp³-hybridized carbons (Fsp3) is 0.783. The molecule has 0 amide bonds.